The zero-order valence-corrected chi connectivity index (χ0v) is 77.8. The van der Waals surface area contributed by atoms with E-state index < -0.39 is 90.7 Å². The zero-order valence-electron chi connectivity index (χ0n) is 74.5. The molecule has 9 fully saturated rings. The van der Waals surface area contributed by atoms with Gasteiger partial charge in [0.15, 0.2) is 34.3 Å². The van der Waals surface area contributed by atoms with E-state index in [0.717, 1.165) is 95.0 Å². The maximum absolute atomic E-state index is 15.4. The number of sulfonamides is 1. The van der Waals surface area contributed by atoms with Gasteiger partial charge >= 0.3 is 5.97 Å². The summed E-state index contributed by atoms with van der Waals surface area (Å²) in [5.41, 5.74) is 9.07. The fraction of sp³-hybridized carbons (Fsp3) is 0.448. The van der Waals surface area contributed by atoms with E-state index in [2.05, 4.69) is 19.8 Å². The lowest BCUT2D eigenvalue weighted by Gasteiger charge is -2.35. The Bertz CT molecular complexity index is 7290. The highest BCUT2D eigenvalue weighted by Crippen LogP contribution is 2.68. The summed E-state index contributed by atoms with van der Waals surface area (Å²) in [7, 11) is -8.90. The number of aliphatic hydroxyl groups is 1. The van der Waals surface area contributed by atoms with Crippen LogP contribution in [0.15, 0.2) is 161 Å². The number of carboxylic acids is 1. The number of rotatable bonds is 15. The van der Waals surface area contributed by atoms with Gasteiger partial charge in [-0.05, 0) is 205 Å². The van der Waals surface area contributed by atoms with Crippen LogP contribution < -0.4 is 41.8 Å². The number of sulfone groups is 3. The van der Waals surface area contributed by atoms with Crippen LogP contribution in [0, 0.1) is 33.3 Å². The number of aromatic nitrogens is 6. The second-order valence-corrected chi connectivity index (χ2v) is 47.2. The van der Waals surface area contributed by atoms with E-state index in [1.165, 1.54) is 84.7 Å². The molecule has 6 aliphatic carbocycles. The molecule has 700 valence electrons. The molecule has 0 amide bonds. The van der Waals surface area contributed by atoms with Crippen LogP contribution in [0.25, 0.3) is 78.5 Å². The van der Waals surface area contributed by atoms with Crippen molar-refractivity contribution in [1.29, 1.82) is 0 Å². The van der Waals surface area contributed by atoms with Crippen molar-refractivity contribution >= 4 is 102 Å². The number of aromatic amines is 2. The first-order chi connectivity index (χ1) is 62.1. The van der Waals surface area contributed by atoms with Gasteiger partial charge in [0, 0.05) is 250 Å². The van der Waals surface area contributed by atoms with Crippen LogP contribution in [-0.2, 0) is 85.4 Å². The van der Waals surface area contributed by atoms with Gasteiger partial charge in [0.25, 0.3) is 34.1 Å². The summed E-state index contributed by atoms with van der Waals surface area (Å²) >= 11 is 0. The van der Waals surface area contributed by atoms with Gasteiger partial charge in [0.2, 0.25) is 10.0 Å². The maximum Gasteiger partial charge on any atom is 0.324 e. The van der Waals surface area contributed by atoms with Gasteiger partial charge in [-0.25, -0.2) is 60.0 Å². The minimum Gasteiger partial charge on any atom is -0.480 e. The molecule has 1 atom stereocenters. The van der Waals surface area contributed by atoms with E-state index in [-0.39, 0.29) is 73.3 Å². The highest BCUT2D eigenvalue weighted by molar-refractivity contribution is 7.93. The number of allylic oxidation sites excluding steroid dienone is 2. The number of alkyl halides is 4. The van der Waals surface area contributed by atoms with Crippen molar-refractivity contribution in [2.75, 3.05) is 97.6 Å². The maximum atomic E-state index is 15.4. The topological polar surface area (TPSA) is 330 Å². The molecule has 4 aromatic carbocycles. The predicted molar refractivity (Wildman–Crippen MR) is 495 cm³/mol. The fourth-order valence-electron chi connectivity index (χ4n) is 20.8. The van der Waals surface area contributed by atoms with Crippen molar-refractivity contribution in [3.63, 3.8) is 0 Å². The molecule has 4 saturated carbocycles. The molecule has 11 aliphatic rings. The number of anilines is 4. The predicted octanol–water partition coefficient (Wildman–Crippen LogP) is 13.8. The molecule has 6 aromatic heterocycles. The average Bonchev–Trinajstić information content (AvgIpc) is 1.47. The van der Waals surface area contributed by atoms with Gasteiger partial charge < -0.3 is 58.0 Å². The molecule has 10 aromatic rings. The summed E-state index contributed by atoms with van der Waals surface area (Å²) in [6.45, 7) is 7.38. The molecule has 21 rings (SSSR count). The third-order valence-corrected chi connectivity index (χ3v) is 36.6. The van der Waals surface area contributed by atoms with Crippen LogP contribution in [0.4, 0.5) is 49.1 Å². The van der Waals surface area contributed by atoms with Crippen molar-refractivity contribution in [1.82, 2.24) is 32.5 Å². The molecule has 0 unspecified atom stereocenters. The summed E-state index contributed by atoms with van der Waals surface area (Å²) < 4.78 is 195. The number of nitrogens with zero attached hydrogens (tertiary/aromatic N) is 9. The summed E-state index contributed by atoms with van der Waals surface area (Å²) in [4.78, 5) is 75.8. The monoisotopic (exact) mass is 1890 g/mol. The van der Waals surface area contributed by atoms with Gasteiger partial charge in [-0.1, -0.05) is 24.3 Å². The highest BCUT2D eigenvalue weighted by Gasteiger charge is 2.72. The quantitative estimate of drug-likeness (QED) is 0.0547. The molecule has 5 aliphatic heterocycles. The van der Waals surface area contributed by atoms with Gasteiger partial charge in [-0.3, -0.25) is 24.0 Å². The molecule has 0 bridgehead atoms. The van der Waals surface area contributed by atoms with E-state index in [4.69, 9.17) is 0 Å². The number of carbonyl (C=O) groups is 1. The molecular formula is C96H105F6N11O15S4. The van der Waals surface area contributed by atoms with Gasteiger partial charge in [-0.2, -0.15) is 4.31 Å². The molecule has 11 heterocycles. The number of nitrogens with one attached hydrogen (secondary N) is 2. The smallest absolute Gasteiger partial charge is 0.324 e. The summed E-state index contributed by atoms with van der Waals surface area (Å²) in [6, 6.07) is 18.5. The van der Waals surface area contributed by atoms with Crippen LogP contribution in [0.3, 0.4) is 0 Å². The van der Waals surface area contributed by atoms with Crippen molar-refractivity contribution in [2.45, 2.75) is 165 Å². The van der Waals surface area contributed by atoms with E-state index >= 15 is 4.39 Å². The largest absolute Gasteiger partial charge is 0.480 e. The average molecular weight is 1900 g/mol. The molecule has 4 spiro atoms. The van der Waals surface area contributed by atoms with Crippen molar-refractivity contribution < 1.29 is 75.0 Å². The molecule has 36 heteroatoms. The molecule has 5 saturated heterocycles. The highest BCUT2D eigenvalue weighted by atomic mass is 32.2. The summed E-state index contributed by atoms with van der Waals surface area (Å²) in [6.07, 6.45) is 30.8. The first kappa shape index (κ1) is 91.7. The second-order valence-electron chi connectivity index (χ2n) is 38.8. The van der Waals surface area contributed by atoms with Crippen LogP contribution in [0.2, 0.25) is 0 Å². The van der Waals surface area contributed by atoms with Crippen LogP contribution in [0.5, 0.6) is 0 Å². The van der Waals surface area contributed by atoms with E-state index in [0.29, 0.717) is 171 Å². The van der Waals surface area contributed by atoms with E-state index in [1.807, 2.05) is 34.1 Å². The third kappa shape index (κ3) is 16.1. The Balaban J connectivity index is 0.000000118. The number of hydrogen-bond acceptors (Lipinski definition) is 18. The molecular weight excluding hydrogens is 1790 g/mol. The lowest BCUT2D eigenvalue weighted by molar-refractivity contribution is -0.139. The Morgan fingerprint density at radius 1 is 0.447 bits per heavy atom. The number of hydrogen-bond donors (Lipinski definition) is 4. The molecule has 4 N–H and O–H groups in total. The normalized spacial score (nSPS) is 20.4. The number of H-pyrrole nitrogens is 2. The molecule has 132 heavy (non-hydrogen) atoms. The Kier molecular flexibility index (Phi) is 22.6. The number of aliphatic hydroxyl groups excluding tert-OH is 1. The van der Waals surface area contributed by atoms with Gasteiger partial charge in [0.1, 0.15) is 27.6 Å². The summed E-state index contributed by atoms with van der Waals surface area (Å²) in [5.74, 6) is -7.93. The number of fused-ring (bicyclic) bond motifs is 4. The number of pyridine rings is 4. The van der Waals surface area contributed by atoms with Crippen molar-refractivity contribution in [2.24, 2.45) is 49.9 Å². The van der Waals surface area contributed by atoms with Crippen molar-refractivity contribution in [3.8, 4) is 44.5 Å². The lowest BCUT2D eigenvalue weighted by atomic mass is 9.91. The fourth-order valence-corrected chi connectivity index (χ4v) is 25.3. The second kappa shape index (κ2) is 32.5. The van der Waals surface area contributed by atoms with Crippen LogP contribution in [-0.4, -0.2) is 183 Å². The number of aliphatic carboxylic acids is 1. The van der Waals surface area contributed by atoms with E-state index in [1.54, 1.807) is 102 Å². The van der Waals surface area contributed by atoms with Gasteiger partial charge in [0.05, 0.1) is 26.5 Å². The summed E-state index contributed by atoms with van der Waals surface area (Å²) in [5, 5.41) is 20.7. The number of piperidine rings is 4. The van der Waals surface area contributed by atoms with Crippen LogP contribution >= 0.6 is 0 Å². The number of carboxylic acid groups (broad SMARTS) is 1. The molecule has 26 nitrogen and oxygen atoms in total. The Morgan fingerprint density at radius 2 is 0.826 bits per heavy atom. The Morgan fingerprint density at radius 3 is 1.24 bits per heavy atom. The Hall–Kier alpha value is -10.8. The number of β-amino-alcohol motifs (C(OH)–C–C–N with tert-alkyl or cyclic N) is 1. The standard InChI is InChI=1S/C26H29F2N3O4S.C26H28F2N2O5S.2C22H24FN3O3S/c1-29-15-22(19-3-2-4-20(19)24(29)33)21-13-18(36(34,35)31-10-7-17(32)14-31)5-6-23(21)30-11-8-25(9-12-30)16-26(25,27)28;1-24(2,23(32)33)36(34,35)16-7-8-21(30-11-9-25(10-12-30)15-26(25,27)28)19(13-16)20-14-29(3)22(31)18-6-4-5-17(18)20;1-25-13-16(14-3-8-24-20(14)21(25)27)15-11-19(30(2,28)29)17(23)12-18(15)26-9-6-22(4-5-22)7-10-26;1-25-13-16(14-3-8-24-20(14)21(25)27)15-11-19(30(2,28)29)18(12-17(15)23)26-9-6-22(4-5-22)7-10-26/h2-3,5-6,13,15,17,32H,4,7-12,14,16H2,1H3;4-5,7-8,13-14H,6,9-12,15H2,1-3H3,(H,32,33);2*3,8,11-13,24H,4-7,9-10H2,1-2H3/t17-;;;/m1.../s1. The first-order valence-electron chi connectivity index (χ1n) is 44.5. The number of halogens is 6. The van der Waals surface area contributed by atoms with E-state index in [9.17, 15) is 89.8 Å². The zero-order chi connectivity index (χ0) is 94.2. The first-order valence-corrected chi connectivity index (χ1v) is 51.2. The SMILES string of the molecule is Cn1cc(-c2cc(S(=O)(=O)C(C)(C)C(=O)O)ccc2N2CCC3(CC2)CC3(F)F)c2c(c1=O)CC=C2.Cn1cc(-c2cc(S(=O)(=O)N3CC[C@@H](O)C3)ccc2N2CCC3(CC2)CC3(F)F)c2c(c1=O)CC=C2.Cn1cc(-c2cc(S(C)(=O)=O)c(F)cc2N2CCC3(CC2)CC3)c2cc[nH]c2c1=O.Cn1cc(-c2cc(S(C)(=O)=O)c(N3CCC4(CC3)CC4)cc2F)c2cc[nH]c2c1=O. The minimum absolute atomic E-state index is 0.0554. The minimum atomic E-state index is -4.28. The lowest BCUT2D eigenvalue weighted by Crippen LogP contribution is -2.40. The number of benzene rings is 4. The van der Waals surface area contributed by atoms with Gasteiger partial charge in [-0.15, -0.1) is 0 Å². The van der Waals surface area contributed by atoms with Crippen LogP contribution in [0.1, 0.15) is 132 Å². The van der Waals surface area contributed by atoms with Crippen molar-refractivity contribution in [3.05, 3.63) is 197 Å². The molecule has 0 radical (unpaired) electrons. The Labute approximate surface area is 759 Å². The third-order valence-electron chi connectivity index (χ3n) is 30.1. The number of aryl methyl sites for hydroxylation is 4.